The van der Waals surface area contributed by atoms with Crippen molar-refractivity contribution >= 4 is 40.9 Å². The average Bonchev–Trinajstić information content (AvgIpc) is 3.15. The number of imide groups is 1. The van der Waals surface area contributed by atoms with Crippen LogP contribution in [0, 0.1) is 0 Å². The van der Waals surface area contributed by atoms with Gasteiger partial charge in [-0.3, -0.25) is 14.9 Å². The lowest BCUT2D eigenvalue weighted by atomic mass is 10.2. The molecule has 0 saturated carbocycles. The quantitative estimate of drug-likeness (QED) is 0.749. The predicted molar refractivity (Wildman–Crippen MR) is 94.2 cm³/mol. The van der Waals surface area contributed by atoms with Gasteiger partial charge < -0.3 is 14.8 Å². The Morgan fingerprint density at radius 2 is 1.77 bits per heavy atom. The summed E-state index contributed by atoms with van der Waals surface area (Å²) in [6.45, 7) is 1.10. The molecule has 1 aromatic heterocycles. The monoisotopic (exact) mass is 376 g/mol. The molecule has 0 bridgehead atoms. The Kier molecular flexibility index (Phi) is 6.86. The second kappa shape index (κ2) is 9.33. The molecule has 2 N–H and O–H groups in total. The predicted octanol–water partition coefficient (Wildman–Crippen LogP) is 2.43. The Morgan fingerprint density at radius 3 is 2.38 bits per heavy atom. The van der Waals surface area contributed by atoms with Gasteiger partial charge in [-0.2, -0.15) is 0 Å². The smallest absolute Gasteiger partial charge is 0.413 e. The minimum atomic E-state index is -0.903. The molecule has 0 aliphatic carbocycles. The van der Waals surface area contributed by atoms with Gasteiger partial charge in [0.1, 0.15) is 0 Å². The molecule has 0 atom stereocenters. The number of ether oxygens (including phenoxy) is 2. The van der Waals surface area contributed by atoms with Gasteiger partial charge in [-0.05, 0) is 42.6 Å². The van der Waals surface area contributed by atoms with Crippen molar-refractivity contribution in [3.63, 3.8) is 0 Å². The molecule has 3 amide bonds. The van der Waals surface area contributed by atoms with Crippen molar-refractivity contribution in [1.82, 2.24) is 5.32 Å². The molecule has 0 aliphatic rings. The van der Waals surface area contributed by atoms with E-state index in [4.69, 9.17) is 4.74 Å². The van der Waals surface area contributed by atoms with Gasteiger partial charge in [0.15, 0.2) is 6.61 Å². The lowest BCUT2D eigenvalue weighted by Crippen LogP contribution is -2.34. The van der Waals surface area contributed by atoms with E-state index < -0.39 is 24.6 Å². The van der Waals surface area contributed by atoms with E-state index in [-0.39, 0.29) is 18.1 Å². The Labute approximate surface area is 153 Å². The summed E-state index contributed by atoms with van der Waals surface area (Å²) in [6, 6.07) is 9.47. The van der Waals surface area contributed by atoms with Gasteiger partial charge in [-0.1, -0.05) is 6.07 Å². The fourth-order valence-corrected chi connectivity index (χ4v) is 2.44. The molecule has 2 rings (SSSR count). The third kappa shape index (κ3) is 5.71. The molecule has 0 fully saturated rings. The summed E-state index contributed by atoms with van der Waals surface area (Å²) in [5.74, 6) is -1.78. The molecule has 0 aliphatic heterocycles. The number of benzene rings is 1. The van der Waals surface area contributed by atoms with Gasteiger partial charge in [0.05, 0.1) is 17.0 Å². The van der Waals surface area contributed by atoms with Crippen molar-refractivity contribution in [3.8, 4) is 0 Å². The van der Waals surface area contributed by atoms with E-state index in [1.165, 1.54) is 23.5 Å². The van der Waals surface area contributed by atoms with Crippen LogP contribution in [-0.4, -0.2) is 37.1 Å². The first-order valence-electron chi connectivity index (χ1n) is 7.58. The van der Waals surface area contributed by atoms with E-state index in [0.717, 1.165) is 0 Å². The van der Waals surface area contributed by atoms with Crippen molar-refractivity contribution < 1.29 is 28.7 Å². The fourth-order valence-electron chi connectivity index (χ4n) is 1.82. The van der Waals surface area contributed by atoms with E-state index in [1.807, 2.05) is 5.32 Å². The summed E-state index contributed by atoms with van der Waals surface area (Å²) in [7, 11) is 0. The van der Waals surface area contributed by atoms with Gasteiger partial charge in [-0.25, -0.2) is 9.59 Å². The normalized spacial score (nSPS) is 9.88. The summed E-state index contributed by atoms with van der Waals surface area (Å²) >= 11 is 1.32. The van der Waals surface area contributed by atoms with Gasteiger partial charge in [0, 0.05) is 5.69 Å². The zero-order chi connectivity index (χ0) is 18.9. The molecule has 0 saturated heterocycles. The molecule has 0 spiro atoms. The first-order valence-corrected chi connectivity index (χ1v) is 8.46. The topological polar surface area (TPSA) is 111 Å². The van der Waals surface area contributed by atoms with E-state index in [1.54, 1.807) is 36.6 Å². The highest BCUT2D eigenvalue weighted by Crippen LogP contribution is 2.14. The number of anilines is 1. The fraction of sp³-hybridized carbons (Fsp3) is 0.176. The number of hydrogen-bond acceptors (Lipinski definition) is 7. The van der Waals surface area contributed by atoms with Crippen LogP contribution in [-0.2, 0) is 14.3 Å². The molecule has 26 heavy (non-hydrogen) atoms. The van der Waals surface area contributed by atoms with Crippen LogP contribution in [0.2, 0.25) is 0 Å². The lowest BCUT2D eigenvalue weighted by Gasteiger charge is -2.07. The molecule has 136 valence electrons. The third-order valence-electron chi connectivity index (χ3n) is 2.97. The largest absolute Gasteiger partial charge is 0.452 e. The number of carbonyl (C=O) groups is 4. The molecule has 8 nitrogen and oxygen atoms in total. The summed E-state index contributed by atoms with van der Waals surface area (Å²) in [6.07, 6.45) is -0.903. The molecular weight excluding hydrogens is 360 g/mol. The first kappa shape index (κ1) is 19.1. The summed E-state index contributed by atoms with van der Waals surface area (Å²) in [5.41, 5.74) is 0.711. The Bertz CT molecular complexity index is 786. The van der Waals surface area contributed by atoms with Crippen LogP contribution in [0.1, 0.15) is 27.0 Å². The van der Waals surface area contributed by atoms with Crippen LogP contribution in [0.4, 0.5) is 10.5 Å². The maximum atomic E-state index is 11.9. The maximum Gasteiger partial charge on any atom is 0.413 e. The molecule has 0 radical (unpaired) electrons. The zero-order valence-electron chi connectivity index (χ0n) is 13.8. The highest BCUT2D eigenvalue weighted by atomic mass is 32.1. The second-order valence-electron chi connectivity index (χ2n) is 4.85. The summed E-state index contributed by atoms with van der Waals surface area (Å²) < 4.78 is 9.33. The SMILES string of the molecule is CCOC(=O)NC(=O)COC(=O)c1ccc(NC(=O)c2cccs2)cc1. The number of carbonyl (C=O) groups excluding carboxylic acids is 4. The average molecular weight is 376 g/mol. The number of nitrogens with one attached hydrogen (secondary N) is 2. The molecule has 2 aromatic rings. The first-order chi connectivity index (χ1) is 12.5. The van der Waals surface area contributed by atoms with Crippen molar-refractivity contribution in [2.45, 2.75) is 6.92 Å². The third-order valence-corrected chi connectivity index (χ3v) is 3.84. The summed E-state index contributed by atoms with van der Waals surface area (Å²) in [4.78, 5) is 46.8. The van der Waals surface area contributed by atoms with Crippen LogP contribution < -0.4 is 10.6 Å². The van der Waals surface area contributed by atoms with E-state index in [0.29, 0.717) is 10.6 Å². The standard InChI is InChI=1S/C17H16N2O6S/c1-2-24-17(23)19-14(20)10-25-16(22)11-5-7-12(8-6-11)18-15(21)13-4-3-9-26-13/h3-9H,2,10H2,1H3,(H,18,21)(H,19,20,23). The summed E-state index contributed by atoms with van der Waals surface area (Å²) in [5, 5.41) is 6.40. The van der Waals surface area contributed by atoms with Gasteiger partial charge in [0.25, 0.3) is 11.8 Å². The van der Waals surface area contributed by atoms with Crippen LogP contribution >= 0.6 is 11.3 Å². The van der Waals surface area contributed by atoms with Crippen LogP contribution in [0.15, 0.2) is 41.8 Å². The number of esters is 1. The van der Waals surface area contributed by atoms with Crippen LogP contribution in [0.5, 0.6) is 0 Å². The molecule has 0 unspecified atom stereocenters. The maximum absolute atomic E-state index is 11.9. The Hall–Kier alpha value is -3.20. The number of alkyl carbamates (subject to hydrolysis) is 1. The van der Waals surface area contributed by atoms with Crippen LogP contribution in [0.3, 0.4) is 0 Å². The number of amides is 3. The minimum absolute atomic E-state index is 0.119. The molecular formula is C17H16N2O6S. The highest BCUT2D eigenvalue weighted by Gasteiger charge is 2.13. The molecule has 1 heterocycles. The Balaban J connectivity index is 1.83. The minimum Gasteiger partial charge on any atom is -0.452 e. The van der Waals surface area contributed by atoms with Gasteiger partial charge in [-0.15, -0.1) is 11.3 Å². The van der Waals surface area contributed by atoms with Gasteiger partial charge in [0.2, 0.25) is 0 Å². The highest BCUT2D eigenvalue weighted by molar-refractivity contribution is 7.12. The second-order valence-corrected chi connectivity index (χ2v) is 5.80. The van der Waals surface area contributed by atoms with Crippen LogP contribution in [0.25, 0.3) is 0 Å². The lowest BCUT2D eigenvalue weighted by molar-refractivity contribution is -0.123. The number of hydrogen-bond donors (Lipinski definition) is 2. The molecule has 9 heteroatoms. The van der Waals surface area contributed by atoms with E-state index in [2.05, 4.69) is 10.1 Å². The Morgan fingerprint density at radius 1 is 1.04 bits per heavy atom. The molecule has 1 aromatic carbocycles. The van der Waals surface area contributed by atoms with Gasteiger partial charge >= 0.3 is 12.1 Å². The van der Waals surface area contributed by atoms with E-state index in [9.17, 15) is 19.2 Å². The zero-order valence-corrected chi connectivity index (χ0v) is 14.6. The number of thiophene rings is 1. The van der Waals surface area contributed by atoms with E-state index >= 15 is 0 Å². The van der Waals surface area contributed by atoms with Crippen molar-refractivity contribution in [3.05, 3.63) is 52.2 Å². The van der Waals surface area contributed by atoms with Crippen molar-refractivity contribution in [2.75, 3.05) is 18.5 Å². The number of rotatable bonds is 6. The van der Waals surface area contributed by atoms with Crippen molar-refractivity contribution in [1.29, 1.82) is 0 Å². The van der Waals surface area contributed by atoms with Crippen molar-refractivity contribution in [2.24, 2.45) is 0 Å².